The van der Waals surface area contributed by atoms with Crippen molar-refractivity contribution in [1.82, 2.24) is 0 Å². The molecule has 0 aliphatic carbocycles. The van der Waals surface area contributed by atoms with E-state index < -0.39 is 246 Å². The van der Waals surface area contributed by atoms with Crippen molar-refractivity contribution in [2.45, 2.75) is 0 Å². The van der Waals surface area contributed by atoms with Crippen LogP contribution in [0.3, 0.4) is 0 Å². The van der Waals surface area contributed by atoms with Gasteiger partial charge in [-0.3, -0.25) is 0 Å². The van der Waals surface area contributed by atoms with Gasteiger partial charge in [-0.05, 0) is 72.6 Å². The highest BCUT2D eigenvalue weighted by atomic mass is 16.3. The van der Waals surface area contributed by atoms with E-state index in [1.54, 1.807) is 0 Å². The summed E-state index contributed by atoms with van der Waals surface area (Å²) < 4.78 is 246. The van der Waals surface area contributed by atoms with Crippen LogP contribution in [0.25, 0.3) is 88.0 Å². The first kappa shape index (κ1) is 10.3. The van der Waals surface area contributed by atoms with E-state index in [2.05, 4.69) is 0 Å². The summed E-state index contributed by atoms with van der Waals surface area (Å²) in [5.41, 5.74) is -6.57. The lowest BCUT2D eigenvalue weighted by atomic mass is 9.85. The van der Waals surface area contributed by atoms with Crippen LogP contribution in [0, 0.1) is 0 Å². The average Bonchev–Trinajstić information content (AvgIpc) is 3.75. The van der Waals surface area contributed by atoms with E-state index in [0.29, 0.717) is 0 Å². The first-order valence-corrected chi connectivity index (χ1v) is 13.2. The van der Waals surface area contributed by atoms with Crippen molar-refractivity contribution >= 4 is 43.5 Å². The summed E-state index contributed by atoms with van der Waals surface area (Å²) >= 11 is 0. The Morgan fingerprint density at radius 1 is 0.356 bits per heavy atom. The van der Waals surface area contributed by atoms with Gasteiger partial charge in [0.1, 0.15) is 11.2 Å². The predicted molar refractivity (Wildman–Crippen MR) is 190 cm³/mol. The summed E-state index contributed by atoms with van der Waals surface area (Å²) in [4.78, 5) is 0. The van der Waals surface area contributed by atoms with Crippen LogP contribution in [-0.2, 0) is 0 Å². The molecule has 0 radical (unpaired) electrons. The first-order valence-electron chi connectivity index (χ1n) is 26.7. The van der Waals surface area contributed by atoms with Crippen molar-refractivity contribution in [1.29, 1.82) is 0 Å². The monoisotopic (exact) mass is 599 g/mol. The molecular weight excluding hydrogens is 544 g/mol. The fourth-order valence-corrected chi connectivity index (χ4v) is 5.21. The minimum absolute atomic E-state index is 0.373. The lowest BCUT2D eigenvalue weighted by Gasteiger charge is -2.18. The van der Waals surface area contributed by atoms with Crippen LogP contribution in [0.2, 0.25) is 0 Å². The van der Waals surface area contributed by atoms with Gasteiger partial charge in [0.05, 0.1) is 37.0 Å². The third-order valence-electron chi connectivity index (χ3n) is 7.13. The number of fused-ring (bicyclic) bond motifs is 5. The smallest absolute Gasteiger partial charge is 0.143 e. The normalized spacial score (nSPS) is 20.0. The molecule has 0 amide bonds. The maximum absolute atomic E-state index is 9.56. The summed E-state index contributed by atoms with van der Waals surface area (Å²) in [7, 11) is 0. The zero-order valence-electron chi connectivity index (χ0n) is 49.5. The highest BCUT2D eigenvalue weighted by Gasteiger charge is 2.17. The molecule has 0 saturated heterocycles. The standard InChI is InChI=1S/C44H28O/c1-3-12-29(13-4-1)33-26-27-41-40(28-33)39-21-11-20-34(44(39)45-41)30-22-24-32(25-23-30)43-37-18-9-7-16-35(37)42(31-14-5-2-6-15-31)36-17-8-10-19-38(36)43/h1-28H/i1D,2D,3D,4D,5D,6D,7D,8D,9D,10D,11D,12D,14D,15D,16D,17D,18D,19D,20D,21D,22D,23D,24D,25D,26D,27D,28D. The number of rotatable bonds is 4. The summed E-state index contributed by atoms with van der Waals surface area (Å²) in [6.45, 7) is 0. The highest BCUT2D eigenvalue weighted by Crippen LogP contribution is 2.44. The Morgan fingerprint density at radius 2 is 0.867 bits per heavy atom. The van der Waals surface area contributed by atoms with Crippen molar-refractivity contribution in [2.75, 3.05) is 0 Å². The fourth-order valence-electron chi connectivity index (χ4n) is 5.21. The largest absolute Gasteiger partial charge is 0.455 e. The number of para-hydroxylation sites is 1. The SMILES string of the molecule is [2H]c1cc(-c2c([2H])c([2H])c3oc4c(-c5c([2H])c([2H])c(-c6c7c([2H])c([2H])c([2H])c([2H])c7c(-c7c([2H])c([2H])c([2H])c([2H])c7[2H])c7c([2H])c([2H])c([2H])c([2H])c67)c([2H])c5[2H])c([2H])c([2H])c([2H])c4c3c2[2H])c([2H])c([2H])c1[2H]. The summed E-state index contributed by atoms with van der Waals surface area (Å²) in [6, 6.07) is -23.0. The summed E-state index contributed by atoms with van der Waals surface area (Å²) in [5, 5.41) is -3.73. The van der Waals surface area contributed by atoms with Crippen LogP contribution in [-0.4, -0.2) is 0 Å². The molecule has 1 aromatic heterocycles. The zero-order valence-corrected chi connectivity index (χ0v) is 22.5. The Balaban J connectivity index is 1.48. The van der Waals surface area contributed by atoms with Gasteiger partial charge < -0.3 is 4.42 Å². The molecule has 1 heteroatoms. The number of benzene rings is 8. The second kappa shape index (κ2) is 10.4. The third kappa shape index (κ3) is 4.17. The molecule has 0 fully saturated rings. The molecule has 0 atom stereocenters. The van der Waals surface area contributed by atoms with Gasteiger partial charge >= 0.3 is 0 Å². The lowest BCUT2D eigenvalue weighted by molar-refractivity contribution is 0.670. The Kier molecular flexibility index (Phi) is 2.38. The van der Waals surface area contributed by atoms with Crippen LogP contribution >= 0.6 is 0 Å². The zero-order chi connectivity index (χ0) is 53.2. The third-order valence-corrected chi connectivity index (χ3v) is 7.13. The maximum Gasteiger partial charge on any atom is 0.143 e. The van der Waals surface area contributed by atoms with E-state index in [1.165, 1.54) is 0 Å². The topological polar surface area (TPSA) is 13.1 Å². The molecular formula is C44H28O. The van der Waals surface area contributed by atoms with Crippen molar-refractivity contribution in [3.05, 3.63) is 169 Å². The van der Waals surface area contributed by atoms with Crippen LogP contribution in [0.1, 0.15) is 37.0 Å². The van der Waals surface area contributed by atoms with E-state index >= 15 is 0 Å². The quantitative estimate of drug-likeness (QED) is 0.183. The molecule has 9 aromatic rings. The summed E-state index contributed by atoms with van der Waals surface area (Å²) in [5.74, 6) is 0. The molecule has 9 rings (SSSR count). The van der Waals surface area contributed by atoms with Gasteiger partial charge in [-0.2, -0.15) is 0 Å². The van der Waals surface area contributed by atoms with Crippen LogP contribution in [0.5, 0.6) is 0 Å². The van der Waals surface area contributed by atoms with Crippen LogP contribution in [0.15, 0.2) is 174 Å². The van der Waals surface area contributed by atoms with Gasteiger partial charge in [0.25, 0.3) is 0 Å². The Hall–Kier alpha value is -5.92. The van der Waals surface area contributed by atoms with Crippen molar-refractivity contribution < 1.29 is 41.4 Å². The Morgan fingerprint density at radius 3 is 1.53 bits per heavy atom. The lowest BCUT2D eigenvalue weighted by Crippen LogP contribution is -1.90. The van der Waals surface area contributed by atoms with Crippen molar-refractivity contribution in [3.63, 3.8) is 0 Å². The summed E-state index contributed by atoms with van der Waals surface area (Å²) in [6.07, 6.45) is 0. The van der Waals surface area contributed by atoms with Gasteiger partial charge in [-0.25, -0.2) is 0 Å². The fraction of sp³-hybridized carbons (Fsp3) is 0. The molecule has 210 valence electrons. The van der Waals surface area contributed by atoms with Gasteiger partial charge in [0, 0.05) is 16.3 Å². The van der Waals surface area contributed by atoms with Gasteiger partial charge in [-0.1, -0.05) is 157 Å². The van der Waals surface area contributed by atoms with E-state index in [-0.39, 0.29) is 5.56 Å². The Bertz CT molecular complexity index is 3920. The molecule has 0 saturated carbocycles. The first-order chi connectivity index (χ1) is 33.6. The molecule has 0 spiro atoms. The van der Waals surface area contributed by atoms with Gasteiger partial charge in [-0.15, -0.1) is 0 Å². The van der Waals surface area contributed by atoms with Gasteiger partial charge in [0.15, 0.2) is 0 Å². The van der Waals surface area contributed by atoms with Crippen LogP contribution in [0.4, 0.5) is 0 Å². The van der Waals surface area contributed by atoms with E-state index in [9.17, 15) is 12.3 Å². The number of hydrogen-bond acceptors (Lipinski definition) is 1. The molecule has 0 N–H and O–H groups in total. The van der Waals surface area contributed by atoms with Gasteiger partial charge in [0.2, 0.25) is 0 Å². The minimum Gasteiger partial charge on any atom is -0.455 e. The second-order valence-electron chi connectivity index (χ2n) is 9.59. The minimum atomic E-state index is -1.08. The van der Waals surface area contributed by atoms with E-state index in [0.717, 1.165) is 6.07 Å². The molecule has 0 aliphatic rings. The maximum atomic E-state index is 9.56. The van der Waals surface area contributed by atoms with Crippen molar-refractivity contribution in [2.24, 2.45) is 0 Å². The van der Waals surface area contributed by atoms with Crippen LogP contribution < -0.4 is 0 Å². The molecule has 1 nitrogen and oxygen atoms in total. The van der Waals surface area contributed by atoms with Crippen molar-refractivity contribution in [3.8, 4) is 44.5 Å². The molecule has 1 heterocycles. The molecule has 0 unspecified atom stereocenters. The molecule has 0 aliphatic heterocycles. The predicted octanol–water partition coefficient (Wildman–Crippen LogP) is 12.6. The Labute approximate surface area is 299 Å². The number of hydrogen-bond donors (Lipinski definition) is 0. The molecule has 8 aromatic carbocycles. The van der Waals surface area contributed by atoms with E-state index in [1.807, 2.05) is 0 Å². The number of furan rings is 1. The van der Waals surface area contributed by atoms with E-state index in [4.69, 9.17) is 29.1 Å². The molecule has 45 heavy (non-hydrogen) atoms. The molecule has 0 bridgehead atoms. The second-order valence-corrected chi connectivity index (χ2v) is 9.59. The average molecular weight is 600 g/mol. The highest BCUT2D eigenvalue weighted by molar-refractivity contribution is 6.21.